The topological polar surface area (TPSA) is 79.5 Å². The zero-order valence-corrected chi connectivity index (χ0v) is 15.6. The van der Waals surface area contributed by atoms with E-state index in [2.05, 4.69) is 9.88 Å². The summed E-state index contributed by atoms with van der Waals surface area (Å²) in [5.74, 6) is 0.996. The van der Waals surface area contributed by atoms with Gasteiger partial charge < -0.3 is 20.3 Å². The van der Waals surface area contributed by atoms with Crippen LogP contribution in [-0.2, 0) is 11.2 Å². The van der Waals surface area contributed by atoms with Crippen LogP contribution in [0.2, 0.25) is 0 Å². The molecule has 142 valence electrons. The Hall–Kier alpha value is -2.47. The molecule has 0 aromatic carbocycles. The summed E-state index contributed by atoms with van der Waals surface area (Å²) in [7, 11) is 0. The Labute approximate surface area is 159 Å². The van der Waals surface area contributed by atoms with Gasteiger partial charge in [-0.2, -0.15) is 0 Å². The molecular weight excluding hydrogens is 340 g/mol. The molecule has 1 atom stereocenters. The molecule has 1 aliphatic carbocycles. The van der Waals surface area contributed by atoms with Gasteiger partial charge in [-0.15, -0.1) is 0 Å². The number of likely N-dealkylation sites (tertiary alicyclic amines) is 1. The minimum atomic E-state index is -0.212. The predicted molar refractivity (Wildman–Crippen MR) is 104 cm³/mol. The van der Waals surface area contributed by atoms with Gasteiger partial charge in [0, 0.05) is 44.0 Å². The number of rotatable bonds is 4. The molecule has 1 amide bonds. The fourth-order valence-electron chi connectivity index (χ4n) is 4.20. The largest absolute Gasteiger partial charge is 0.339 e. The Balaban J connectivity index is 1.58. The summed E-state index contributed by atoms with van der Waals surface area (Å²) < 4.78 is 0. The molecule has 3 aliphatic rings. The fourth-order valence-corrected chi connectivity index (χ4v) is 4.20. The fraction of sp³-hybridized carbons (Fsp3) is 0.476. The lowest BCUT2D eigenvalue weighted by atomic mass is 10.0. The maximum absolute atomic E-state index is 12.8. The number of aromatic nitrogens is 1. The Morgan fingerprint density at radius 1 is 1.22 bits per heavy atom. The van der Waals surface area contributed by atoms with Crippen LogP contribution < -0.4 is 10.6 Å². The van der Waals surface area contributed by atoms with Gasteiger partial charge in [-0.25, -0.2) is 4.98 Å². The zero-order chi connectivity index (χ0) is 18.8. The number of hydrogen-bond acceptors (Lipinski definition) is 5. The van der Waals surface area contributed by atoms with E-state index in [0.717, 1.165) is 74.3 Å². The summed E-state index contributed by atoms with van der Waals surface area (Å²) in [6, 6.07) is 1.80. The second kappa shape index (κ2) is 7.64. The number of carbonyl (C=O) groups excluding carboxylic acids is 2. The van der Waals surface area contributed by atoms with Gasteiger partial charge in [0.1, 0.15) is 12.1 Å². The number of nitrogens with two attached hydrogens (primary N) is 1. The maximum atomic E-state index is 12.8. The van der Waals surface area contributed by atoms with E-state index >= 15 is 0 Å². The van der Waals surface area contributed by atoms with Crippen LogP contribution in [0.1, 0.15) is 48.0 Å². The van der Waals surface area contributed by atoms with E-state index in [1.54, 1.807) is 6.20 Å². The molecule has 2 N–H and O–H groups in total. The van der Waals surface area contributed by atoms with E-state index in [9.17, 15) is 9.59 Å². The molecule has 1 unspecified atom stereocenters. The number of piperidine rings is 1. The molecule has 0 radical (unpaired) electrons. The molecule has 2 aliphatic heterocycles. The van der Waals surface area contributed by atoms with Crippen LogP contribution in [0, 0.1) is 0 Å². The number of aryl methyl sites for hydroxylation is 1. The van der Waals surface area contributed by atoms with Gasteiger partial charge in [-0.05, 0) is 61.5 Å². The molecule has 1 saturated heterocycles. The number of carbonyl (C=O) groups is 2. The molecule has 1 aromatic rings. The van der Waals surface area contributed by atoms with Gasteiger partial charge in [0.2, 0.25) is 0 Å². The third-order valence-corrected chi connectivity index (χ3v) is 5.66. The smallest absolute Gasteiger partial charge is 0.255 e. The molecule has 0 spiro atoms. The number of hydrogen-bond donors (Lipinski definition) is 1. The third kappa shape index (κ3) is 3.54. The van der Waals surface area contributed by atoms with Gasteiger partial charge in [-0.1, -0.05) is 0 Å². The lowest BCUT2D eigenvalue weighted by molar-refractivity contribution is -0.107. The van der Waals surface area contributed by atoms with Crippen molar-refractivity contribution in [1.29, 1.82) is 0 Å². The minimum Gasteiger partial charge on any atom is -0.339 e. The number of anilines is 1. The molecule has 3 heterocycles. The number of allylic oxidation sites excluding steroid dienone is 1. The lowest BCUT2D eigenvalue weighted by Gasteiger charge is -2.31. The molecule has 1 aromatic heterocycles. The summed E-state index contributed by atoms with van der Waals surface area (Å²) in [5.41, 5.74) is 9.86. The highest BCUT2D eigenvalue weighted by Crippen LogP contribution is 2.32. The Morgan fingerprint density at radius 2 is 2.04 bits per heavy atom. The van der Waals surface area contributed by atoms with Crippen molar-refractivity contribution >= 4 is 18.0 Å². The maximum Gasteiger partial charge on any atom is 0.255 e. The first-order chi connectivity index (χ1) is 13.2. The highest BCUT2D eigenvalue weighted by atomic mass is 16.2. The van der Waals surface area contributed by atoms with Crippen molar-refractivity contribution in [2.75, 3.05) is 24.5 Å². The van der Waals surface area contributed by atoms with Gasteiger partial charge in [0.25, 0.3) is 5.91 Å². The van der Waals surface area contributed by atoms with Crippen molar-refractivity contribution in [1.82, 2.24) is 9.88 Å². The van der Waals surface area contributed by atoms with Crippen molar-refractivity contribution in [2.45, 2.75) is 44.6 Å². The van der Waals surface area contributed by atoms with Gasteiger partial charge >= 0.3 is 0 Å². The number of aldehydes is 1. The van der Waals surface area contributed by atoms with Gasteiger partial charge in [0.05, 0.1) is 5.56 Å². The van der Waals surface area contributed by atoms with E-state index in [4.69, 9.17) is 5.73 Å². The van der Waals surface area contributed by atoms with Gasteiger partial charge in [-0.3, -0.25) is 4.79 Å². The summed E-state index contributed by atoms with van der Waals surface area (Å²) in [4.78, 5) is 32.4. The molecule has 4 rings (SSSR count). The first kappa shape index (κ1) is 17.9. The quantitative estimate of drug-likeness (QED) is 0.827. The van der Waals surface area contributed by atoms with E-state index in [1.807, 2.05) is 23.1 Å². The summed E-state index contributed by atoms with van der Waals surface area (Å²) in [6.07, 6.45) is 12.2. The van der Waals surface area contributed by atoms with Crippen LogP contribution in [0.25, 0.3) is 0 Å². The first-order valence-electron chi connectivity index (χ1n) is 9.84. The van der Waals surface area contributed by atoms with Crippen molar-refractivity contribution < 1.29 is 9.59 Å². The van der Waals surface area contributed by atoms with E-state index in [-0.39, 0.29) is 11.9 Å². The highest BCUT2D eigenvalue weighted by Gasteiger charge is 2.27. The van der Waals surface area contributed by atoms with Crippen LogP contribution >= 0.6 is 0 Å². The van der Waals surface area contributed by atoms with Crippen molar-refractivity contribution in [3.8, 4) is 0 Å². The van der Waals surface area contributed by atoms with Gasteiger partial charge in [0.15, 0.2) is 0 Å². The second-order valence-electron chi connectivity index (χ2n) is 7.52. The number of nitrogens with zero attached hydrogens (tertiary/aromatic N) is 3. The molecular formula is C21H26N4O2. The summed E-state index contributed by atoms with van der Waals surface area (Å²) in [5, 5.41) is 0. The molecule has 0 saturated carbocycles. The van der Waals surface area contributed by atoms with Crippen LogP contribution in [0.5, 0.6) is 0 Å². The van der Waals surface area contributed by atoms with E-state index in [0.29, 0.717) is 12.0 Å². The molecule has 27 heavy (non-hydrogen) atoms. The zero-order valence-electron chi connectivity index (χ0n) is 15.6. The average Bonchev–Trinajstić information content (AvgIpc) is 3.08. The third-order valence-electron chi connectivity index (χ3n) is 5.66. The number of fused-ring (bicyclic) bond motifs is 1. The lowest BCUT2D eigenvalue weighted by Crippen LogP contribution is -2.36. The Morgan fingerprint density at radius 3 is 2.81 bits per heavy atom. The molecule has 1 fully saturated rings. The molecule has 6 heteroatoms. The molecule has 0 bridgehead atoms. The summed E-state index contributed by atoms with van der Waals surface area (Å²) >= 11 is 0. The van der Waals surface area contributed by atoms with Crippen LogP contribution in [0.15, 0.2) is 35.7 Å². The van der Waals surface area contributed by atoms with Crippen LogP contribution in [0.3, 0.4) is 0 Å². The minimum absolute atomic E-state index is 0.0948. The predicted octanol–water partition coefficient (Wildman–Crippen LogP) is 2.20. The first-order valence-corrected chi connectivity index (χ1v) is 9.84. The average molecular weight is 366 g/mol. The monoisotopic (exact) mass is 366 g/mol. The normalized spacial score (nSPS) is 22.2. The second-order valence-corrected chi connectivity index (χ2v) is 7.52. The Kier molecular flexibility index (Phi) is 5.07. The standard InChI is InChI=1S/C21H26N4O2/c22-19-13-18(12-15(19)6-10-26)25-9-4-5-16-11-17(14-23-20(16)25)21(27)24-7-2-1-3-8-24/h10-14,19H,1-9,22H2. The Bertz CT molecular complexity index is 808. The van der Waals surface area contributed by atoms with Crippen molar-refractivity contribution in [3.05, 3.63) is 46.8 Å². The number of amides is 1. The molecule has 6 nitrogen and oxygen atoms in total. The SMILES string of the molecule is NC1C=C(N2CCCc3cc(C(=O)N4CCCCC4)cnc32)C=C1CC=O. The van der Waals surface area contributed by atoms with Crippen molar-refractivity contribution in [3.63, 3.8) is 0 Å². The summed E-state index contributed by atoms with van der Waals surface area (Å²) in [6.45, 7) is 2.55. The van der Waals surface area contributed by atoms with E-state index < -0.39 is 0 Å². The van der Waals surface area contributed by atoms with E-state index in [1.165, 1.54) is 6.42 Å². The highest BCUT2D eigenvalue weighted by molar-refractivity contribution is 5.94. The van der Waals surface area contributed by atoms with Crippen LogP contribution in [-0.4, -0.2) is 47.8 Å². The number of pyridine rings is 1. The van der Waals surface area contributed by atoms with Crippen LogP contribution in [0.4, 0.5) is 5.82 Å². The van der Waals surface area contributed by atoms with Crippen molar-refractivity contribution in [2.24, 2.45) is 5.73 Å².